The molecule has 0 amide bonds. The second-order valence-electron chi connectivity index (χ2n) is 5.64. The van der Waals surface area contributed by atoms with Gasteiger partial charge in [0.25, 0.3) is 0 Å². The van der Waals surface area contributed by atoms with E-state index in [2.05, 4.69) is 18.7 Å². The first-order chi connectivity index (χ1) is 7.22. The molecule has 0 aromatic heterocycles. The van der Waals surface area contributed by atoms with Crippen LogP contribution in [0.2, 0.25) is 0 Å². The molecule has 2 aliphatic heterocycles. The molecule has 88 valence electrons. The lowest BCUT2D eigenvalue weighted by atomic mass is 9.75. The van der Waals surface area contributed by atoms with Gasteiger partial charge < -0.3 is 9.64 Å². The van der Waals surface area contributed by atoms with Crippen molar-refractivity contribution in [1.82, 2.24) is 4.90 Å². The summed E-state index contributed by atoms with van der Waals surface area (Å²) in [5.41, 5.74) is 0.544. The van der Waals surface area contributed by atoms with Crippen molar-refractivity contribution in [2.45, 2.75) is 52.0 Å². The molecule has 1 spiro atoms. The molecule has 2 rings (SSSR count). The molecule has 0 aromatic rings. The summed E-state index contributed by atoms with van der Waals surface area (Å²) >= 11 is 0. The van der Waals surface area contributed by atoms with Crippen molar-refractivity contribution < 1.29 is 4.74 Å². The van der Waals surface area contributed by atoms with Crippen LogP contribution in [0.1, 0.15) is 46.0 Å². The first kappa shape index (κ1) is 11.4. The predicted octanol–water partition coefficient (Wildman–Crippen LogP) is 2.68. The molecule has 2 nitrogen and oxygen atoms in total. The van der Waals surface area contributed by atoms with Crippen LogP contribution < -0.4 is 0 Å². The normalized spacial score (nSPS) is 28.2. The van der Waals surface area contributed by atoms with E-state index < -0.39 is 0 Å². The van der Waals surface area contributed by atoms with Gasteiger partial charge in [-0.15, -0.1) is 0 Å². The standard InChI is InChI=1S/C13H25NO/c1-12(2)14-8-6-13(7-9-14)5-3-4-10-15-11-13/h12H,3-11H2,1-2H3. The van der Waals surface area contributed by atoms with E-state index in [0.29, 0.717) is 11.5 Å². The third-order valence-corrected chi connectivity index (χ3v) is 4.24. The Morgan fingerprint density at radius 3 is 2.47 bits per heavy atom. The average Bonchev–Trinajstić information content (AvgIpc) is 2.45. The monoisotopic (exact) mass is 211 g/mol. The zero-order valence-corrected chi connectivity index (χ0v) is 10.3. The molecular formula is C13H25NO. The van der Waals surface area contributed by atoms with Crippen molar-refractivity contribution >= 4 is 0 Å². The number of rotatable bonds is 1. The summed E-state index contributed by atoms with van der Waals surface area (Å²) in [5, 5.41) is 0. The largest absolute Gasteiger partial charge is 0.381 e. The second-order valence-corrected chi connectivity index (χ2v) is 5.64. The van der Waals surface area contributed by atoms with Gasteiger partial charge in [-0.05, 0) is 58.0 Å². The fourth-order valence-electron chi connectivity index (χ4n) is 2.97. The van der Waals surface area contributed by atoms with Gasteiger partial charge in [0.1, 0.15) is 0 Å². The van der Waals surface area contributed by atoms with E-state index in [9.17, 15) is 0 Å². The Morgan fingerprint density at radius 2 is 1.80 bits per heavy atom. The lowest BCUT2D eigenvalue weighted by Gasteiger charge is -2.42. The minimum atomic E-state index is 0.544. The van der Waals surface area contributed by atoms with Crippen molar-refractivity contribution in [3.63, 3.8) is 0 Å². The molecule has 0 N–H and O–H groups in total. The zero-order chi connectivity index (χ0) is 10.7. The van der Waals surface area contributed by atoms with E-state index >= 15 is 0 Å². The lowest BCUT2D eigenvalue weighted by Crippen LogP contribution is -2.44. The number of hydrogen-bond donors (Lipinski definition) is 0. The van der Waals surface area contributed by atoms with Gasteiger partial charge in [0.05, 0.1) is 6.61 Å². The van der Waals surface area contributed by atoms with Crippen LogP contribution in [-0.2, 0) is 4.74 Å². The van der Waals surface area contributed by atoms with Crippen LogP contribution in [0.4, 0.5) is 0 Å². The molecule has 0 aromatic carbocycles. The smallest absolute Gasteiger partial charge is 0.0523 e. The highest BCUT2D eigenvalue weighted by Crippen LogP contribution is 2.38. The molecule has 2 heterocycles. The van der Waals surface area contributed by atoms with Crippen molar-refractivity contribution in [2.75, 3.05) is 26.3 Å². The summed E-state index contributed by atoms with van der Waals surface area (Å²) in [6, 6.07) is 0.717. The maximum Gasteiger partial charge on any atom is 0.0523 e. The molecule has 2 heteroatoms. The maximum atomic E-state index is 5.76. The summed E-state index contributed by atoms with van der Waals surface area (Å²) in [6.07, 6.45) is 6.76. The number of piperidine rings is 1. The van der Waals surface area contributed by atoms with Crippen LogP contribution in [0.25, 0.3) is 0 Å². The summed E-state index contributed by atoms with van der Waals surface area (Å²) in [4.78, 5) is 2.61. The van der Waals surface area contributed by atoms with Crippen LogP contribution in [0.15, 0.2) is 0 Å². The predicted molar refractivity (Wildman–Crippen MR) is 63.0 cm³/mol. The minimum Gasteiger partial charge on any atom is -0.381 e. The summed E-state index contributed by atoms with van der Waals surface area (Å²) in [7, 11) is 0. The molecule has 0 saturated carbocycles. The third kappa shape index (κ3) is 2.73. The van der Waals surface area contributed by atoms with E-state index in [4.69, 9.17) is 4.74 Å². The van der Waals surface area contributed by atoms with Gasteiger partial charge in [-0.2, -0.15) is 0 Å². The van der Waals surface area contributed by atoms with Crippen molar-refractivity contribution in [2.24, 2.45) is 5.41 Å². The topological polar surface area (TPSA) is 12.5 Å². The summed E-state index contributed by atoms with van der Waals surface area (Å²) < 4.78 is 5.76. The van der Waals surface area contributed by atoms with Gasteiger partial charge in [-0.25, -0.2) is 0 Å². The van der Waals surface area contributed by atoms with E-state index in [-0.39, 0.29) is 0 Å². The molecule has 0 radical (unpaired) electrons. The van der Waals surface area contributed by atoms with Gasteiger partial charge in [0.15, 0.2) is 0 Å². The van der Waals surface area contributed by atoms with E-state index in [0.717, 1.165) is 13.2 Å². The van der Waals surface area contributed by atoms with E-state index in [1.165, 1.54) is 45.2 Å². The zero-order valence-electron chi connectivity index (χ0n) is 10.3. The van der Waals surface area contributed by atoms with Gasteiger partial charge in [-0.1, -0.05) is 6.42 Å². The second kappa shape index (κ2) is 4.84. The van der Waals surface area contributed by atoms with Crippen LogP contribution in [0, 0.1) is 5.41 Å². The fourth-order valence-corrected chi connectivity index (χ4v) is 2.97. The molecule has 0 unspecified atom stereocenters. The average molecular weight is 211 g/mol. The van der Waals surface area contributed by atoms with Gasteiger partial charge >= 0.3 is 0 Å². The Balaban J connectivity index is 1.89. The minimum absolute atomic E-state index is 0.544. The van der Waals surface area contributed by atoms with E-state index in [1.807, 2.05) is 0 Å². The first-order valence-electron chi connectivity index (χ1n) is 6.54. The molecule has 15 heavy (non-hydrogen) atoms. The quantitative estimate of drug-likeness (QED) is 0.661. The number of nitrogens with zero attached hydrogens (tertiary/aromatic N) is 1. The highest BCUT2D eigenvalue weighted by atomic mass is 16.5. The Hall–Kier alpha value is -0.0800. The first-order valence-corrected chi connectivity index (χ1v) is 6.54. The fraction of sp³-hybridized carbons (Fsp3) is 1.00. The molecule has 2 fully saturated rings. The number of ether oxygens (including phenoxy) is 1. The van der Waals surface area contributed by atoms with Crippen LogP contribution in [-0.4, -0.2) is 37.2 Å². The summed E-state index contributed by atoms with van der Waals surface area (Å²) in [5.74, 6) is 0. The number of likely N-dealkylation sites (tertiary alicyclic amines) is 1. The third-order valence-electron chi connectivity index (χ3n) is 4.24. The van der Waals surface area contributed by atoms with Gasteiger partial charge in [0.2, 0.25) is 0 Å². The Morgan fingerprint density at radius 1 is 1.07 bits per heavy atom. The van der Waals surface area contributed by atoms with Gasteiger partial charge in [0, 0.05) is 12.6 Å². The van der Waals surface area contributed by atoms with Crippen molar-refractivity contribution in [3.8, 4) is 0 Å². The summed E-state index contributed by atoms with van der Waals surface area (Å²) in [6.45, 7) is 9.19. The lowest BCUT2D eigenvalue weighted by molar-refractivity contribution is 0.00541. The molecule has 2 saturated heterocycles. The maximum absolute atomic E-state index is 5.76. The molecular weight excluding hydrogens is 186 g/mol. The Labute approximate surface area is 94.0 Å². The Bertz CT molecular complexity index is 185. The van der Waals surface area contributed by atoms with Crippen LogP contribution in [0.5, 0.6) is 0 Å². The van der Waals surface area contributed by atoms with E-state index in [1.54, 1.807) is 0 Å². The Kier molecular flexibility index (Phi) is 3.68. The highest BCUT2D eigenvalue weighted by molar-refractivity contribution is 4.87. The number of hydrogen-bond acceptors (Lipinski definition) is 2. The van der Waals surface area contributed by atoms with Crippen molar-refractivity contribution in [1.29, 1.82) is 0 Å². The highest BCUT2D eigenvalue weighted by Gasteiger charge is 2.35. The SMILES string of the molecule is CC(C)N1CCC2(CCCCOC2)CC1. The molecule has 0 bridgehead atoms. The molecule has 2 aliphatic rings. The molecule has 0 atom stereocenters. The van der Waals surface area contributed by atoms with Crippen LogP contribution in [0.3, 0.4) is 0 Å². The van der Waals surface area contributed by atoms with Gasteiger partial charge in [-0.3, -0.25) is 0 Å². The van der Waals surface area contributed by atoms with Crippen LogP contribution >= 0.6 is 0 Å². The van der Waals surface area contributed by atoms with Crippen molar-refractivity contribution in [3.05, 3.63) is 0 Å². The molecule has 0 aliphatic carbocycles.